The van der Waals surface area contributed by atoms with Gasteiger partial charge in [-0.2, -0.15) is 0 Å². The van der Waals surface area contributed by atoms with Crippen LogP contribution in [0, 0.1) is 0 Å². The standard InChI is InChI=1S/C30H27N7O10S2/c1-36-29(33-34-35-36)49-13-15-12-48-28-30(46-3,27(44)37(28)22(15)26(42)43)32-25(41)21(14-7-9-16(38)10-8-14)31-24(40)17-11-47-19-6-4-5-18(45-2)20(19)23(17)39/h4-11,21,28,38H,12-13H2,1-3H3,(H,31,40)(H,32,41)(H,42,43)/t21?,28-,30-/m0/s1. The van der Waals surface area contributed by atoms with Crippen molar-refractivity contribution in [3.8, 4) is 11.5 Å². The summed E-state index contributed by atoms with van der Waals surface area (Å²) in [6.45, 7) is 0. The second-order valence-electron chi connectivity index (χ2n) is 10.7. The van der Waals surface area contributed by atoms with Gasteiger partial charge in [0.1, 0.15) is 51.4 Å². The number of carbonyl (C=O) groups is 4. The van der Waals surface area contributed by atoms with Gasteiger partial charge in [-0.05, 0) is 45.8 Å². The highest BCUT2D eigenvalue weighted by Crippen LogP contribution is 2.47. The third-order valence-corrected chi connectivity index (χ3v) is 10.4. The van der Waals surface area contributed by atoms with Crippen LogP contribution in [0.4, 0.5) is 0 Å². The Morgan fingerprint density at radius 2 is 1.94 bits per heavy atom. The van der Waals surface area contributed by atoms with Gasteiger partial charge in [-0.1, -0.05) is 30.0 Å². The first-order valence-corrected chi connectivity index (χ1v) is 16.3. The molecule has 3 amide bonds. The number of rotatable bonds is 11. The average molecular weight is 710 g/mol. The van der Waals surface area contributed by atoms with Crippen molar-refractivity contribution >= 4 is 58.2 Å². The number of ether oxygens (including phenoxy) is 2. The van der Waals surface area contributed by atoms with Gasteiger partial charge in [0.05, 0.1) is 7.11 Å². The predicted molar refractivity (Wildman–Crippen MR) is 173 cm³/mol. The number of tetrazole rings is 1. The highest BCUT2D eigenvalue weighted by molar-refractivity contribution is 8.01. The van der Waals surface area contributed by atoms with Gasteiger partial charge in [-0.3, -0.25) is 24.1 Å². The zero-order valence-corrected chi connectivity index (χ0v) is 27.5. The number of aromatic hydroxyl groups is 1. The first kappa shape index (κ1) is 33.5. The zero-order chi connectivity index (χ0) is 35.0. The molecule has 254 valence electrons. The number of phenols is 1. The molecule has 4 N–H and O–H groups in total. The number of methoxy groups -OCH3 is 2. The normalized spacial score (nSPS) is 19.2. The van der Waals surface area contributed by atoms with Crippen LogP contribution in [0.3, 0.4) is 0 Å². The Balaban J connectivity index is 1.29. The van der Waals surface area contributed by atoms with Crippen LogP contribution in [0.2, 0.25) is 0 Å². The summed E-state index contributed by atoms with van der Waals surface area (Å²) in [5.41, 5.74) is -2.61. The maximum Gasteiger partial charge on any atom is 0.352 e. The van der Waals surface area contributed by atoms with E-state index in [1.165, 1.54) is 78.8 Å². The van der Waals surface area contributed by atoms with E-state index in [-0.39, 0.29) is 45.2 Å². The first-order chi connectivity index (χ1) is 23.5. The fraction of sp³-hybridized carbons (Fsp3) is 0.267. The van der Waals surface area contributed by atoms with Crippen LogP contribution in [0.15, 0.2) is 74.4 Å². The molecule has 19 heteroatoms. The lowest BCUT2D eigenvalue weighted by molar-refractivity contribution is -0.192. The van der Waals surface area contributed by atoms with Crippen LogP contribution >= 0.6 is 23.5 Å². The van der Waals surface area contributed by atoms with E-state index in [9.17, 15) is 34.2 Å². The summed E-state index contributed by atoms with van der Waals surface area (Å²) in [6, 6.07) is 8.47. The molecule has 0 radical (unpaired) electrons. The molecule has 49 heavy (non-hydrogen) atoms. The Bertz CT molecular complexity index is 2080. The van der Waals surface area contributed by atoms with Gasteiger partial charge in [0, 0.05) is 25.7 Å². The number of carboxylic acid groups (broad SMARTS) is 1. The number of aryl methyl sites for hydroxylation is 1. The molecule has 0 saturated carbocycles. The second-order valence-corrected chi connectivity index (χ2v) is 12.7. The molecule has 2 aromatic carbocycles. The Hall–Kier alpha value is -5.40. The van der Waals surface area contributed by atoms with E-state index in [4.69, 9.17) is 13.9 Å². The first-order valence-electron chi connectivity index (χ1n) is 14.3. The monoisotopic (exact) mass is 709 g/mol. The SMILES string of the molecule is COc1cccc2occ(C(=O)NC(C(=O)N[C@]3(OC)C(=O)N4C(C(=O)O)=C(CSc5nnnn5C)CS[C@H]43)c3ccc(O)cc3)c(=O)c12. The van der Waals surface area contributed by atoms with Crippen LogP contribution in [-0.4, -0.2) is 95.8 Å². The molecule has 0 spiro atoms. The minimum Gasteiger partial charge on any atom is -0.508 e. The maximum atomic E-state index is 14.0. The zero-order valence-electron chi connectivity index (χ0n) is 25.9. The molecule has 6 rings (SSSR count). The number of fused-ring (bicyclic) bond motifs is 2. The van der Waals surface area contributed by atoms with Crippen LogP contribution in [0.1, 0.15) is 22.0 Å². The van der Waals surface area contributed by atoms with E-state index in [0.29, 0.717) is 10.7 Å². The summed E-state index contributed by atoms with van der Waals surface area (Å²) >= 11 is 2.37. The number of aliphatic carboxylic acids is 1. The summed E-state index contributed by atoms with van der Waals surface area (Å²) in [4.78, 5) is 68.2. The third kappa shape index (κ3) is 5.85. The molecule has 1 unspecified atom stereocenters. The van der Waals surface area contributed by atoms with Crippen molar-refractivity contribution in [3.05, 3.63) is 81.3 Å². The smallest absolute Gasteiger partial charge is 0.352 e. The molecular weight excluding hydrogens is 683 g/mol. The van der Waals surface area contributed by atoms with Crippen molar-refractivity contribution in [2.24, 2.45) is 7.05 Å². The number of benzene rings is 2. The highest BCUT2D eigenvalue weighted by atomic mass is 32.2. The quantitative estimate of drug-likeness (QED) is 0.0968. The second kappa shape index (κ2) is 13.2. The van der Waals surface area contributed by atoms with Gasteiger partial charge >= 0.3 is 5.97 Å². The number of hydrogen-bond donors (Lipinski definition) is 4. The number of aromatic nitrogens is 4. The molecule has 1 saturated heterocycles. The molecule has 0 aliphatic carbocycles. The van der Waals surface area contributed by atoms with E-state index in [2.05, 4.69) is 26.2 Å². The van der Waals surface area contributed by atoms with Crippen molar-refractivity contribution in [1.82, 2.24) is 35.7 Å². The van der Waals surface area contributed by atoms with Crippen LogP contribution in [0.5, 0.6) is 11.5 Å². The number of carboxylic acids is 1. The molecule has 0 bridgehead atoms. The summed E-state index contributed by atoms with van der Waals surface area (Å²) < 4.78 is 17.8. The summed E-state index contributed by atoms with van der Waals surface area (Å²) in [5.74, 6) is -3.69. The van der Waals surface area contributed by atoms with Gasteiger partial charge < -0.3 is 34.7 Å². The minimum absolute atomic E-state index is 0.0180. The number of phenolic OH excluding ortho intramolecular Hbond substituents is 1. The Labute approximate surface area is 284 Å². The lowest BCUT2D eigenvalue weighted by Crippen LogP contribution is -2.81. The third-order valence-electron chi connectivity index (χ3n) is 7.89. The van der Waals surface area contributed by atoms with E-state index < -0.39 is 51.8 Å². The van der Waals surface area contributed by atoms with Crippen LogP contribution in [-0.2, 0) is 26.2 Å². The fourth-order valence-corrected chi connectivity index (χ4v) is 7.88. The van der Waals surface area contributed by atoms with E-state index in [0.717, 1.165) is 11.2 Å². The topological polar surface area (TPSA) is 228 Å². The van der Waals surface area contributed by atoms with E-state index in [1.807, 2.05) is 0 Å². The Morgan fingerprint density at radius 3 is 2.59 bits per heavy atom. The van der Waals surface area contributed by atoms with Crippen molar-refractivity contribution in [2.75, 3.05) is 25.7 Å². The maximum absolute atomic E-state index is 14.0. The number of hydrogen-bond acceptors (Lipinski definition) is 14. The van der Waals surface area contributed by atoms with Gasteiger partial charge in [-0.25, -0.2) is 9.48 Å². The van der Waals surface area contributed by atoms with Gasteiger partial charge in [0.25, 0.3) is 17.5 Å². The van der Waals surface area contributed by atoms with Gasteiger partial charge in [0.2, 0.25) is 16.5 Å². The number of carbonyl (C=O) groups excluding carboxylic acids is 3. The molecule has 3 atom stereocenters. The average Bonchev–Trinajstić information content (AvgIpc) is 3.52. The summed E-state index contributed by atoms with van der Waals surface area (Å²) in [7, 11) is 4.18. The largest absolute Gasteiger partial charge is 0.508 e. The summed E-state index contributed by atoms with van der Waals surface area (Å²) in [6.07, 6.45) is 0.963. The van der Waals surface area contributed by atoms with Crippen molar-refractivity contribution in [3.63, 3.8) is 0 Å². The lowest BCUT2D eigenvalue weighted by Gasteiger charge is -2.56. The van der Waals surface area contributed by atoms with E-state index >= 15 is 0 Å². The molecule has 4 aromatic rings. The number of β-lactam (4-membered cyclic amide) rings is 1. The Morgan fingerprint density at radius 1 is 1.18 bits per heavy atom. The van der Waals surface area contributed by atoms with Crippen LogP contribution in [0.25, 0.3) is 11.0 Å². The van der Waals surface area contributed by atoms with Crippen molar-refractivity contribution < 1.29 is 43.3 Å². The molecule has 4 heterocycles. The summed E-state index contributed by atoms with van der Waals surface area (Å²) in [5, 5.41) is 35.8. The van der Waals surface area contributed by atoms with Gasteiger partial charge in [-0.15, -0.1) is 16.9 Å². The fourth-order valence-electron chi connectivity index (χ4n) is 5.45. The van der Waals surface area contributed by atoms with Crippen LogP contribution < -0.4 is 20.8 Å². The Kier molecular flexibility index (Phi) is 9.06. The molecule has 2 aliphatic heterocycles. The predicted octanol–water partition coefficient (Wildman–Crippen LogP) is 1.01. The molecule has 17 nitrogen and oxygen atoms in total. The minimum atomic E-state index is -2.01. The number of nitrogens with zero attached hydrogens (tertiary/aromatic N) is 5. The highest BCUT2D eigenvalue weighted by Gasteiger charge is 2.67. The van der Waals surface area contributed by atoms with E-state index in [1.54, 1.807) is 13.1 Å². The molecular formula is C30H27N7O10S2. The van der Waals surface area contributed by atoms with Crippen molar-refractivity contribution in [2.45, 2.75) is 22.3 Å². The van der Waals surface area contributed by atoms with Gasteiger partial charge in [0.15, 0.2) is 0 Å². The number of nitrogens with one attached hydrogen (secondary N) is 2. The molecule has 2 aromatic heterocycles. The number of amides is 3. The molecule has 2 aliphatic rings. The lowest BCUT2D eigenvalue weighted by atomic mass is 9.96. The van der Waals surface area contributed by atoms with Crippen molar-refractivity contribution in [1.29, 1.82) is 0 Å². The molecule has 1 fully saturated rings. The number of thioether (sulfide) groups is 2.